The van der Waals surface area contributed by atoms with Gasteiger partial charge >= 0.3 is 0 Å². The smallest absolute Gasteiger partial charge is 0.286 e. The molecule has 2 aliphatic rings. The number of aliphatic hydroxyl groups is 1. The highest BCUT2D eigenvalue weighted by molar-refractivity contribution is 5.92. The summed E-state index contributed by atoms with van der Waals surface area (Å²) in [5.74, 6) is 0.322. The molecule has 2 atom stereocenters. The standard InChI is InChI=1S/C21H29NO4/c23-12-6-7-13-25-20-15-17(16-8-2-1-3-9-16)14-19(26-20)21(24)22-18-10-4-5-11-18/h1-3,8-9,14,17-18,20,23H,4-7,10-13,15H2,(H,22,24)/t17-,20+/m0/s1. The van der Waals surface area contributed by atoms with Crippen molar-refractivity contribution in [2.75, 3.05) is 13.2 Å². The molecule has 1 amide bonds. The van der Waals surface area contributed by atoms with E-state index in [-0.39, 0.29) is 24.5 Å². The largest absolute Gasteiger partial charge is 0.459 e. The summed E-state index contributed by atoms with van der Waals surface area (Å²) in [5, 5.41) is 12.0. The number of rotatable bonds is 8. The minimum Gasteiger partial charge on any atom is -0.459 e. The Balaban J connectivity index is 1.67. The number of ether oxygens (including phenoxy) is 2. The summed E-state index contributed by atoms with van der Waals surface area (Å²) in [6, 6.07) is 10.4. The number of carbonyl (C=O) groups is 1. The monoisotopic (exact) mass is 359 g/mol. The van der Waals surface area contributed by atoms with Gasteiger partial charge in [-0.05, 0) is 37.3 Å². The lowest BCUT2D eigenvalue weighted by Gasteiger charge is -2.29. The molecule has 0 aromatic heterocycles. The van der Waals surface area contributed by atoms with Crippen LogP contribution in [0, 0.1) is 0 Å². The van der Waals surface area contributed by atoms with Crippen LogP contribution in [0.3, 0.4) is 0 Å². The minimum atomic E-state index is -0.437. The Morgan fingerprint density at radius 3 is 2.69 bits per heavy atom. The van der Waals surface area contributed by atoms with E-state index in [9.17, 15) is 4.79 Å². The van der Waals surface area contributed by atoms with Crippen LogP contribution in [-0.4, -0.2) is 36.6 Å². The van der Waals surface area contributed by atoms with Crippen LogP contribution < -0.4 is 5.32 Å². The zero-order chi connectivity index (χ0) is 18.2. The van der Waals surface area contributed by atoms with Crippen molar-refractivity contribution >= 4 is 5.91 Å². The molecule has 5 nitrogen and oxygen atoms in total. The highest BCUT2D eigenvalue weighted by Gasteiger charge is 2.30. The second-order valence-corrected chi connectivity index (χ2v) is 7.09. The number of unbranched alkanes of at least 4 members (excludes halogenated alkanes) is 1. The Labute approximate surface area is 155 Å². The molecule has 3 rings (SSSR count). The van der Waals surface area contributed by atoms with Crippen molar-refractivity contribution in [2.45, 2.75) is 63.2 Å². The number of amides is 1. The van der Waals surface area contributed by atoms with E-state index >= 15 is 0 Å². The Hall–Kier alpha value is -1.85. The first-order valence-electron chi connectivity index (χ1n) is 9.73. The normalized spacial score (nSPS) is 23.3. The average Bonchev–Trinajstić information content (AvgIpc) is 3.19. The Kier molecular flexibility index (Phi) is 7.09. The summed E-state index contributed by atoms with van der Waals surface area (Å²) >= 11 is 0. The van der Waals surface area contributed by atoms with Crippen LogP contribution in [0.2, 0.25) is 0 Å². The van der Waals surface area contributed by atoms with Crippen molar-refractivity contribution in [2.24, 2.45) is 0 Å². The molecule has 0 radical (unpaired) electrons. The Bertz CT molecular complexity index is 595. The van der Waals surface area contributed by atoms with Gasteiger partial charge in [-0.25, -0.2) is 0 Å². The van der Waals surface area contributed by atoms with Crippen molar-refractivity contribution in [1.29, 1.82) is 0 Å². The van der Waals surface area contributed by atoms with Crippen LogP contribution in [0.15, 0.2) is 42.2 Å². The third kappa shape index (κ3) is 5.32. The van der Waals surface area contributed by atoms with Gasteiger partial charge < -0.3 is 19.9 Å². The lowest BCUT2D eigenvalue weighted by Crippen LogP contribution is -2.37. The van der Waals surface area contributed by atoms with Crippen LogP contribution in [0.1, 0.15) is 56.4 Å². The van der Waals surface area contributed by atoms with Gasteiger partial charge in [0.1, 0.15) is 0 Å². The summed E-state index contributed by atoms with van der Waals surface area (Å²) in [5.41, 5.74) is 1.16. The quantitative estimate of drug-likeness (QED) is 0.699. The second kappa shape index (κ2) is 9.74. The lowest BCUT2D eigenvalue weighted by molar-refractivity contribution is -0.146. The van der Waals surface area contributed by atoms with Crippen molar-refractivity contribution in [1.82, 2.24) is 5.32 Å². The first-order chi connectivity index (χ1) is 12.8. The predicted molar refractivity (Wildman–Crippen MR) is 99.4 cm³/mol. The highest BCUT2D eigenvalue weighted by atomic mass is 16.7. The molecule has 0 saturated heterocycles. The molecule has 2 N–H and O–H groups in total. The first-order valence-corrected chi connectivity index (χ1v) is 9.73. The van der Waals surface area contributed by atoms with Crippen molar-refractivity contribution < 1.29 is 19.4 Å². The number of aliphatic hydroxyl groups excluding tert-OH is 1. The van der Waals surface area contributed by atoms with Crippen molar-refractivity contribution in [3.05, 3.63) is 47.7 Å². The maximum Gasteiger partial charge on any atom is 0.286 e. The fraction of sp³-hybridized carbons (Fsp3) is 0.571. The molecule has 0 spiro atoms. The van der Waals surface area contributed by atoms with E-state index in [0.29, 0.717) is 25.2 Å². The van der Waals surface area contributed by atoms with E-state index < -0.39 is 6.29 Å². The maximum absolute atomic E-state index is 12.7. The van der Waals surface area contributed by atoms with Crippen LogP contribution in [0.4, 0.5) is 0 Å². The second-order valence-electron chi connectivity index (χ2n) is 7.09. The molecule has 1 heterocycles. The van der Waals surface area contributed by atoms with Crippen LogP contribution in [0.25, 0.3) is 0 Å². The zero-order valence-electron chi connectivity index (χ0n) is 15.2. The third-order valence-corrected chi connectivity index (χ3v) is 5.06. The number of nitrogens with one attached hydrogen (secondary N) is 1. The Morgan fingerprint density at radius 1 is 1.19 bits per heavy atom. The van der Waals surface area contributed by atoms with E-state index in [1.807, 2.05) is 24.3 Å². The molecular formula is C21H29NO4. The van der Waals surface area contributed by atoms with Gasteiger partial charge in [0.15, 0.2) is 5.76 Å². The molecule has 5 heteroatoms. The van der Waals surface area contributed by atoms with E-state index in [2.05, 4.69) is 17.4 Å². The number of allylic oxidation sites excluding steroid dienone is 1. The van der Waals surface area contributed by atoms with Crippen LogP contribution in [-0.2, 0) is 14.3 Å². The van der Waals surface area contributed by atoms with E-state index in [1.165, 1.54) is 12.8 Å². The summed E-state index contributed by atoms with van der Waals surface area (Å²) in [4.78, 5) is 12.7. The van der Waals surface area contributed by atoms with Crippen LogP contribution >= 0.6 is 0 Å². The minimum absolute atomic E-state index is 0.0946. The van der Waals surface area contributed by atoms with E-state index in [1.54, 1.807) is 0 Å². The van der Waals surface area contributed by atoms with E-state index in [4.69, 9.17) is 14.6 Å². The van der Waals surface area contributed by atoms with Crippen molar-refractivity contribution in [3.63, 3.8) is 0 Å². The van der Waals surface area contributed by atoms with Gasteiger partial charge in [-0.3, -0.25) is 4.79 Å². The van der Waals surface area contributed by atoms with Crippen molar-refractivity contribution in [3.8, 4) is 0 Å². The molecular weight excluding hydrogens is 330 g/mol. The molecule has 0 unspecified atom stereocenters. The molecule has 1 fully saturated rings. The molecule has 1 aliphatic carbocycles. The molecule has 0 bridgehead atoms. The topological polar surface area (TPSA) is 67.8 Å². The molecule has 1 saturated carbocycles. The molecule has 1 aromatic carbocycles. The SMILES string of the molecule is O=C(NC1CCCC1)C1=C[C@H](c2ccccc2)C[C@H](OCCCCO)O1. The van der Waals surface area contributed by atoms with Gasteiger partial charge in [0.05, 0.1) is 6.61 Å². The number of benzene rings is 1. The summed E-state index contributed by atoms with van der Waals surface area (Å²) in [6.45, 7) is 0.681. The molecule has 26 heavy (non-hydrogen) atoms. The summed E-state index contributed by atoms with van der Waals surface area (Å²) in [6.07, 6.45) is 8.09. The third-order valence-electron chi connectivity index (χ3n) is 5.06. The van der Waals surface area contributed by atoms with Gasteiger partial charge in [0.2, 0.25) is 6.29 Å². The van der Waals surface area contributed by atoms with Crippen LogP contribution in [0.5, 0.6) is 0 Å². The summed E-state index contributed by atoms with van der Waals surface area (Å²) < 4.78 is 11.7. The predicted octanol–water partition coefficient (Wildman–Crippen LogP) is 3.25. The molecule has 1 aromatic rings. The first kappa shape index (κ1) is 18.9. The number of hydrogen-bond acceptors (Lipinski definition) is 4. The molecule has 142 valence electrons. The maximum atomic E-state index is 12.7. The molecule has 1 aliphatic heterocycles. The Morgan fingerprint density at radius 2 is 1.96 bits per heavy atom. The fourth-order valence-corrected chi connectivity index (χ4v) is 3.61. The van der Waals surface area contributed by atoms with Gasteiger partial charge in [0, 0.05) is 25.0 Å². The fourth-order valence-electron chi connectivity index (χ4n) is 3.61. The number of carbonyl (C=O) groups excluding carboxylic acids is 1. The highest BCUT2D eigenvalue weighted by Crippen LogP contribution is 2.31. The van der Waals surface area contributed by atoms with Gasteiger partial charge in [-0.15, -0.1) is 0 Å². The van der Waals surface area contributed by atoms with Gasteiger partial charge in [-0.2, -0.15) is 0 Å². The van der Waals surface area contributed by atoms with Gasteiger partial charge in [0.25, 0.3) is 5.91 Å². The summed E-state index contributed by atoms with van der Waals surface area (Å²) in [7, 11) is 0. The zero-order valence-corrected chi connectivity index (χ0v) is 15.2. The average molecular weight is 359 g/mol. The lowest BCUT2D eigenvalue weighted by atomic mass is 9.93. The number of hydrogen-bond donors (Lipinski definition) is 2. The van der Waals surface area contributed by atoms with E-state index in [0.717, 1.165) is 24.8 Å². The van der Waals surface area contributed by atoms with Gasteiger partial charge in [-0.1, -0.05) is 43.2 Å².